The molecule has 99 valence electrons. The molecule has 0 atom stereocenters. The number of fused-ring (bicyclic) bond motifs is 1. The SMILES string of the molecule is CN=C1CCC(C)(C)c2ccccc21.[CH2-]C.[CH3-].[Y]. The molecule has 2 heteroatoms. The van der Waals surface area contributed by atoms with Crippen molar-refractivity contribution in [2.45, 2.75) is 39.0 Å². The fourth-order valence-electron chi connectivity index (χ4n) is 2.26. The third kappa shape index (κ3) is 4.28. The summed E-state index contributed by atoms with van der Waals surface area (Å²) in [4.78, 5) is 4.37. The largest absolute Gasteiger partial charge is 0.358 e. The summed E-state index contributed by atoms with van der Waals surface area (Å²) in [6.07, 6.45) is 2.32. The van der Waals surface area contributed by atoms with Crippen molar-refractivity contribution >= 4 is 5.71 Å². The third-order valence-electron chi connectivity index (χ3n) is 3.22. The molecule has 1 aromatic carbocycles. The molecule has 2 rings (SSSR count). The minimum Gasteiger partial charge on any atom is -0.358 e. The summed E-state index contributed by atoms with van der Waals surface area (Å²) in [6.45, 7) is 9.64. The first-order chi connectivity index (χ1) is 7.65. The second-order valence-corrected chi connectivity index (χ2v) is 4.60. The second-order valence-electron chi connectivity index (χ2n) is 4.60. The topological polar surface area (TPSA) is 12.4 Å². The van der Waals surface area contributed by atoms with Crippen LogP contribution in [0, 0.1) is 14.4 Å². The fraction of sp³-hybridized carbons (Fsp3) is 0.438. The van der Waals surface area contributed by atoms with E-state index in [0.29, 0.717) is 5.41 Å². The Bertz CT molecular complexity index is 380. The molecule has 0 aromatic heterocycles. The summed E-state index contributed by atoms with van der Waals surface area (Å²) in [5.74, 6) is 0. The Morgan fingerprint density at radius 3 is 2.28 bits per heavy atom. The molecule has 0 fully saturated rings. The van der Waals surface area contributed by atoms with Gasteiger partial charge < -0.3 is 14.4 Å². The molecule has 1 aliphatic rings. The van der Waals surface area contributed by atoms with Crippen molar-refractivity contribution < 1.29 is 32.7 Å². The molecule has 0 aliphatic heterocycles. The van der Waals surface area contributed by atoms with Crippen molar-refractivity contribution in [2.24, 2.45) is 4.99 Å². The van der Waals surface area contributed by atoms with Gasteiger partial charge in [-0.3, -0.25) is 4.99 Å². The molecule has 1 radical (unpaired) electrons. The number of nitrogens with zero attached hydrogens (tertiary/aromatic N) is 1. The Kier molecular flexibility index (Phi) is 10.1. The maximum atomic E-state index is 4.37. The Hall–Kier alpha value is -0.00610. The van der Waals surface area contributed by atoms with Crippen LogP contribution in [-0.2, 0) is 38.1 Å². The molecule has 1 nitrogen and oxygen atoms in total. The average Bonchev–Trinajstić information content (AvgIpc) is 2.32. The summed E-state index contributed by atoms with van der Waals surface area (Å²) in [5, 5.41) is 0. The normalized spacial score (nSPS) is 17.5. The minimum absolute atomic E-state index is 0. The molecular formula is C16H25NY-2. The quantitative estimate of drug-likeness (QED) is 0.626. The van der Waals surface area contributed by atoms with Crippen LogP contribution in [0.4, 0.5) is 0 Å². The molecule has 0 N–H and O–H groups in total. The van der Waals surface area contributed by atoms with Gasteiger partial charge >= 0.3 is 0 Å². The van der Waals surface area contributed by atoms with Gasteiger partial charge in [0.2, 0.25) is 0 Å². The number of hydrogen-bond acceptors (Lipinski definition) is 1. The first-order valence-electron chi connectivity index (χ1n) is 5.91. The maximum absolute atomic E-state index is 4.37. The van der Waals surface area contributed by atoms with Gasteiger partial charge in [-0.1, -0.05) is 38.1 Å². The first-order valence-corrected chi connectivity index (χ1v) is 5.91. The van der Waals surface area contributed by atoms with Crippen molar-refractivity contribution in [1.29, 1.82) is 0 Å². The van der Waals surface area contributed by atoms with Crippen LogP contribution in [0.5, 0.6) is 0 Å². The Morgan fingerprint density at radius 1 is 1.17 bits per heavy atom. The van der Waals surface area contributed by atoms with Gasteiger partial charge in [0.25, 0.3) is 0 Å². The van der Waals surface area contributed by atoms with Crippen LogP contribution < -0.4 is 0 Å². The van der Waals surface area contributed by atoms with Gasteiger partial charge in [-0.25, -0.2) is 0 Å². The number of benzene rings is 1. The van der Waals surface area contributed by atoms with E-state index in [-0.39, 0.29) is 40.1 Å². The molecule has 1 aliphatic carbocycles. The molecule has 0 saturated carbocycles. The van der Waals surface area contributed by atoms with Crippen molar-refractivity contribution in [1.82, 2.24) is 0 Å². The second kappa shape index (κ2) is 8.99. The number of rotatable bonds is 0. The summed E-state index contributed by atoms with van der Waals surface area (Å²) in [7, 11) is 1.89. The van der Waals surface area contributed by atoms with Crippen molar-refractivity contribution in [3.63, 3.8) is 0 Å². The summed E-state index contributed by atoms with van der Waals surface area (Å²) in [5.41, 5.74) is 4.38. The molecule has 0 saturated heterocycles. The van der Waals surface area contributed by atoms with Gasteiger partial charge in [0, 0.05) is 45.5 Å². The van der Waals surface area contributed by atoms with Crippen LogP contribution in [-0.4, -0.2) is 12.8 Å². The van der Waals surface area contributed by atoms with E-state index in [1.54, 1.807) is 6.92 Å². The number of aliphatic imine (C=N–C) groups is 1. The van der Waals surface area contributed by atoms with Crippen LogP contribution in [0.15, 0.2) is 29.3 Å². The van der Waals surface area contributed by atoms with Crippen LogP contribution >= 0.6 is 0 Å². The Labute approximate surface area is 138 Å². The van der Waals surface area contributed by atoms with Crippen LogP contribution in [0.3, 0.4) is 0 Å². The molecule has 0 amide bonds. The fourth-order valence-corrected chi connectivity index (χ4v) is 2.26. The Balaban J connectivity index is 0. The zero-order valence-electron chi connectivity index (χ0n) is 12.5. The number of hydrogen-bond donors (Lipinski definition) is 0. The van der Waals surface area contributed by atoms with Crippen molar-refractivity contribution in [3.05, 3.63) is 49.7 Å². The van der Waals surface area contributed by atoms with Crippen LogP contribution in [0.25, 0.3) is 0 Å². The average molecular weight is 320 g/mol. The minimum atomic E-state index is 0. The summed E-state index contributed by atoms with van der Waals surface area (Å²) < 4.78 is 0. The van der Waals surface area contributed by atoms with Crippen LogP contribution in [0.1, 0.15) is 44.7 Å². The van der Waals surface area contributed by atoms with E-state index in [1.807, 2.05) is 7.05 Å². The van der Waals surface area contributed by atoms with Crippen LogP contribution in [0.2, 0.25) is 0 Å². The van der Waals surface area contributed by atoms with E-state index in [1.165, 1.54) is 23.3 Å². The smallest absolute Gasteiger partial charge is 0.0420 e. The van der Waals surface area contributed by atoms with E-state index in [2.05, 4.69) is 50.0 Å². The summed E-state index contributed by atoms with van der Waals surface area (Å²) >= 11 is 0. The van der Waals surface area contributed by atoms with Gasteiger partial charge in [-0.15, -0.1) is 0 Å². The molecule has 18 heavy (non-hydrogen) atoms. The van der Waals surface area contributed by atoms with Crippen molar-refractivity contribution in [3.8, 4) is 0 Å². The summed E-state index contributed by atoms with van der Waals surface area (Å²) in [6, 6.07) is 8.66. The zero-order valence-corrected chi connectivity index (χ0v) is 15.3. The van der Waals surface area contributed by atoms with Gasteiger partial charge in [0.05, 0.1) is 0 Å². The molecule has 0 bridgehead atoms. The van der Waals surface area contributed by atoms with E-state index in [4.69, 9.17) is 0 Å². The van der Waals surface area contributed by atoms with Gasteiger partial charge in [-0.05, 0) is 29.4 Å². The first kappa shape index (κ1) is 20.3. The maximum Gasteiger partial charge on any atom is 0.0420 e. The third-order valence-corrected chi connectivity index (χ3v) is 3.22. The van der Waals surface area contributed by atoms with E-state index >= 15 is 0 Å². The predicted molar refractivity (Wildman–Crippen MR) is 78.6 cm³/mol. The Morgan fingerprint density at radius 2 is 1.72 bits per heavy atom. The van der Waals surface area contributed by atoms with Crippen molar-refractivity contribution in [2.75, 3.05) is 7.05 Å². The molecule has 0 spiro atoms. The molecule has 1 aromatic rings. The van der Waals surface area contributed by atoms with Gasteiger partial charge in [-0.2, -0.15) is 6.92 Å². The predicted octanol–water partition coefficient (Wildman–Crippen LogP) is 4.47. The van der Waals surface area contributed by atoms with Gasteiger partial charge in [0.1, 0.15) is 0 Å². The molecular weight excluding hydrogens is 295 g/mol. The van der Waals surface area contributed by atoms with E-state index in [9.17, 15) is 0 Å². The molecule has 0 unspecified atom stereocenters. The van der Waals surface area contributed by atoms with E-state index < -0.39 is 0 Å². The monoisotopic (exact) mass is 320 g/mol. The van der Waals surface area contributed by atoms with Gasteiger partial charge in [0.15, 0.2) is 0 Å². The zero-order chi connectivity index (χ0) is 12.2. The van der Waals surface area contributed by atoms with E-state index in [0.717, 1.165) is 6.42 Å². The standard InChI is InChI=1S/C13H17N.C2H5.CH3.Y/c1-13(2)9-8-12(14-3)10-6-4-5-7-11(10)13;1-2;;/h4-7H,8-9H2,1-3H3;1H2,2H3;1H3;/q;2*-1;. The molecule has 0 heterocycles.